The lowest BCUT2D eigenvalue weighted by Gasteiger charge is -2.46. The molecule has 5 aliphatic rings. The second-order valence-electron chi connectivity index (χ2n) is 11.6. The molecule has 3 aromatic rings. The van der Waals surface area contributed by atoms with Crippen LogP contribution in [0.2, 0.25) is 5.02 Å². The van der Waals surface area contributed by atoms with Crippen molar-refractivity contribution in [2.75, 3.05) is 37.7 Å². The Hall–Kier alpha value is -2.96. The molecule has 1 aromatic carbocycles. The summed E-state index contributed by atoms with van der Waals surface area (Å²) in [4.78, 5) is 17.8. The van der Waals surface area contributed by atoms with E-state index in [0.29, 0.717) is 19.0 Å². The maximum atomic E-state index is 16.3. The molecule has 0 spiro atoms. The number of halogens is 5. The first-order valence-corrected chi connectivity index (χ1v) is 14.3. The molecule has 0 saturated carbocycles. The quantitative estimate of drug-likeness (QED) is 0.393. The van der Waals surface area contributed by atoms with Gasteiger partial charge in [-0.15, -0.1) is 0 Å². The van der Waals surface area contributed by atoms with Crippen LogP contribution in [0.15, 0.2) is 18.3 Å². The first kappa shape index (κ1) is 26.9. The Labute approximate surface area is 238 Å². The standard InChI is InChI=1S/C28H29ClF4N6O2/c29-20-10-17(40)9-18(21(20)28(31,32)33)23-22(30)24-19(12-35-23)25(39-13-15-3-4-16(39)11-34-15)37-26(36-24)41-14-27-5-1-7-38(27)8-2-6-27/h9-10,12,15-16,34,40H,1-8,11,13-14H2. The van der Waals surface area contributed by atoms with Gasteiger partial charge in [0.25, 0.3) is 0 Å². The highest BCUT2D eigenvalue weighted by Crippen LogP contribution is 2.45. The normalized spacial score (nSPS) is 23.9. The van der Waals surface area contributed by atoms with E-state index in [0.717, 1.165) is 70.3 Å². The van der Waals surface area contributed by atoms with E-state index in [1.165, 1.54) is 6.20 Å². The van der Waals surface area contributed by atoms with Crippen LogP contribution in [0.1, 0.15) is 44.1 Å². The maximum Gasteiger partial charge on any atom is 0.418 e. The van der Waals surface area contributed by atoms with E-state index in [-0.39, 0.29) is 34.5 Å². The Balaban J connectivity index is 1.36. The van der Waals surface area contributed by atoms with Gasteiger partial charge < -0.3 is 20.1 Å². The number of ether oxygens (including phenoxy) is 1. The number of phenols is 1. The molecule has 7 heterocycles. The zero-order chi connectivity index (χ0) is 28.5. The summed E-state index contributed by atoms with van der Waals surface area (Å²) in [6, 6.07) is 1.94. The number of nitrogens with one attached hydrogen (secondary N) is 1. The molecule has 2 N–H and O–H groups in total. The predicted molar refractivity (Wildman–Crippen MR) is 145 cm³/mol. The minimum atomic E-state index is -4.91. The van der Waals surface area contributed by atoms with Crippen LogP contribution < -0.4 is 15.0 Å². The summed E-state index contributed by atoms with van der Waals surface area (Å²) in [6.07, 6.45) is 2.48. The van der Waals surface area contributed by atoms with Gasteiger partial charge in [0.1, 0.15) is 29.4 Å². The molecule has 0 amide bonds. The molecule has 2 atom stereocenters. The Kier molecular flexibility index (Phi) is 6.44. The number of piperidine rings is 2. The van der Waals surface area contributed by atoms with E-state index in [2.05, 4.69) is 25.1 Å². The largest absolute Gasteiger partial charge is 0.508 e. The van der Waals surface area contributed by atoms with Crippen molar-refractivity contribution in [2.45, 2.75) is 62.3 Å². The molecule has 2 bridgehead atoms. The topological polar surface area (TPSA) is 86.6 Å². The highest BCUT2D eigenvalue weighted by molar-refractivity contribution is 6.32. The fourth-order valence-electron chi connectivity index (χ4n) is 7.19. The number of fused-ring (bicyclic) bond motifs is 5. The molecule has 8 rings (SSSR count). The van der Waals surface area contributed by atoms with Gasteiger partial charge in [-0.1, -0.05) is 11.6 Å². The summed E-state index contributed by atoms with van der Waals surface area (Å²) in [5, 5.41) is 13.1. The van der Waals surface area contributed by atoms with Gasteiger partial charge in [0.05, 0.1) is 21.5 Å². The third kappa shape index (κ3) is 4.54. The maximum absolute atomic E-state index is 16.3. The molecule has 0 aliphatic carbocycles. The summed E-state index contributed by atoms with van der Waals surface area (Å²) in [5.74, 6) is -1.15. The molecule has 5 aliphatic heterocycles. The van der Waals surface area contributed by atoms with Crippen molar-refractivity contribution in [2.24, 2.45) is 0 Å². The van der Waals surface area contributed by atoms with Crippen LogP contribution in [0.3, 0.4) is 0 Å². The van der Waals surface area contributed by atoms with Crippen LogP contribution in [0.4, 0.5) is 23.4 Å². The van der Waals surface area contributed by atoms with Crippen LogP contribution in [0, 0.1) is 5.82 Å². The summed E-state index contributed by atoms with van der Waals surface area (Å²) in [5.41, 5.74) is -2.86. The van der Waals surface area contributed by atoms with Crippen LogP contribution in [-0.2, 0) is 6.18 Å². The van der Waals surface area contributed by atoms with E-state index in [1.54, 1.807) is 0 Å². The summed E-state index contributed by atoms with van der Waals surface area (Å²) in [7, 11) is 0. The lowest BCUT2D eigenvalue weighted by Crippen LogP contribution is -2.61. The van der Waals surface area contributed by atoms with Gasteiger partial charge >= 0.3 is 12.2 Å². The second kappa shape index (κ2) is 9.81. The van der Waals surface area contributed by atoms with E-state index in [4.69, 9.17) is 21.3 Å². The van der Waals surface area contributed by atoms with Crippen molar-refractivity contribution in [3.63, 3.8) is 0 Å². The van der Waals surface area contributed by atoms with Crippen molar-refractivity contribution in [1.29, 1.82) is 0 Å². The van der Waals surface area contributed by atoms with Crippen LogP contribution in [0.25, 0.3) is 22.2 Å². The zero-order valence-corrected chi connectivity index (χ0v) is 22.9. The number of aromatic nitrogens is 3. The van der Waals surface area contributed by atoms with Gasteiger partial charge in [0.2, 0.25) is 0 Å². The van der Waals surface area contributed by atoms with E-state index >= 15 is 4.39 Å². The van der Waals surface area contributed by atoms with Gasteiger partial charge in [0, 0.05) is 36.9 Å². The van der Waals surface area contributed by atoms with Gasteiger partial charge in [-0.05, 0) is 63.7 Å². The Morgan fingerprint density at radius 1 is 1.15 bits per heavy atom. The third-order valence-electron chi connectivity index (χ3n) is 9.16. The average molecular weight is 593 g/mol. The van der Waals surface area contributed by atoms with Crippen LogP contribution >= 0.6 is 11.6 Å². The van der Waals surface area contributed by atoms with E-state index in [1.807, 2.05) is 0 Å². The van der Waals surface area contributed by atoms with Crippen LogP contribution in [-0.4, -0.2) is 75.4 Å². The Bertz CT molecular complexity index is 1500. The molecule has 218 valence electrons. The summed E-state index contributed by atoms with van der Waals surface area (Å²) < 4.78 is 64.5. The lowest BCUT2D eigenvalue weighted by molar-refractivity contribution is -0.137. The number of rotatable bonds is 5. The molecule has 8 nitrogen and oxygen atoms in total. The number of hydrogen-bond acceptors (Lipinski definition) is 8. The number of anilines is 1. The highest BCUT2D eigenvalue weighted by Gasteiger charge is 2.45. The Morgan fingerprint density at radius 2 is 1.93 bits per heavy atom. The molecule has 41 heavy (non-hydrogen) atoms. The number of pyridine rings is 1. The summed E-state index contributed by atoms with van der Waals surface area (Å²) in [6.45, 7) is 3.77. The fraction of sp³-hybridized carbons (Fsp3) is 0.536. The number of nitrogens with zero attached hydrogens (tertiary/aromatic N) is 5. The Morgan fingerprint density at radius 3 is 2.59 bits per heavy atom. The second-order valence-corrected chi connectivity index (χ2v) is 12.0. The number of piperazine rings is 1. The van der Waals surface area contributed by atoms with Crippen molar-refractivity contribution in [3.8, 4) is 23.0 Å². The first-order valence-electron chi connectivity index (χ1n) is 14.0. The smallest absolute Gasteiger partial charge is 0.418 e. The molecular weight excluding hydrogens is 564 g/mol. The molecule has 2 unspecified atom stereocenters. The summed E-state index contributed by atoms with van der Waals surface area (Å²) >= 11 is 5.88. The van der Waals surface area contributed by atoms with E-state index in [9.17, 15) is 18.3 Å². The van der Waals surface area contributed by atoms with Gasteiger partial charge in [-0.25, -0.2) is 4.39 Å². The van der Waals surface area contributed by atoms with Crippen LogP contribution in [0.5, 0.6) is 11.8 Å². The molecule has 13 heteroatoms. The van der Waals surface area contributed by atoms with Gasteiger partial charge in [-0.2, -0.15) is 23.1 Å². The number of aromatic hydroxyl groups is 1. The number of phenolic OH excluding ortho intramolecular Hbond substituents is 1. The lowest BCUT2D eigenvalue weighted by atomic mass is 9.93. The zero-order valence-electron chi connectivity index (χ0n) is 22.1. The number of benzene rings is 1. The number of hydrogen-bond donors (Lipinski definition) is 2. The predicted octanol–water partition coefficient (Wildman–Crippen LogP) is 5.16. The molecule has 0 radical (unpaired) electrons. The minimum absolute atomic E-state index is 0.0175. The first-order chi connectivity index (χ1) is 19.6. The van der Waals surface area contributed by atoms with Crippen molar-refractivity contribution < 1.29 is 27.4 Å². The van der Waals surface area contributed by atoms with Crippen molar-refractivity contribution in [1.82, 2.24) is 25.2 Å². The van der Waals surface area contributed by atoms with Crippen molar-refractivity contribution in [3.05, 3.63) is 34.7 Å². The van der Waals surface area contributed by atoms with Gasteiger partial charge in [0.15, 0.2) is 5.82 Å². The van der Waals surface area contributed by atoms with E-state index < -0.39 is 39.6 Å². The molecule has 2 aromatic heterocycles. The highest BCUT2D eigenvalue weighted by atomic mass is 35.5. The minimum Gasteiger partial charge on any atom is -0.508 e. The van der Waals surface area contributed by atoms with Crippen molar-refractivity contribution >= 4 is 28.3 Å². The number of alkyl halides is 3. The third-order valence-corrected chi connectivity index (χ3v) is 9.46. The fourth-order valence-corrected chi connectivity index (χ4v) is 7.51. The molecular formula is C28H29ClF4N6O2. The SMILES string of the molecule is Oc1cc(Cl)c(C(F)(F)F)c(-c2ncc3c(N4CC5CCC4CN5)nc(OCC45CCCN4CCC5)nc3c2F)c1. The van der Waals surface area contributed by atoms with Gasteiger partial charge in [-0.3, -0.25) is 9.88 Å². The monoisotopic (exact) mass is 592 g/mol. The molecule has 5 fully saturated rings. The molecule has 5 saturated heterocycles. The average Bonchev–Trinajstić information content (AvgIpc) is 3.52.